The molecule has 7 heteroatoms. The molecule has 2 N–H and O–H groups in total. The Morgan fingerprint density at radius 2 is 2.05 bits per heavy atom. The van der Waals surface area contributed by atoms with E-state index in [9.17, 15) is 14.2 Å². The molecule has 0 radical (unpaired) electrons. The Bertz CT molecular complexity index is 590. The van der Waals surface area contributed by atoms with Gasteiger partial charge in [-0.2, -0.15) is 0 Å². The molecule has 0 aliphatic rings. The second-order valence-corrected chi connectivity index (χ2v) is 7.65. The highest BCUT2D eigenvalue weighted by Gasteiger charge is 2.16. The van der Waals surface area contributed by atoms with Crippen LogP contribution in [0.15, 0.2) is 30.9 Å². The summed E-state index contributed by atoms with van der Waals surface area (Å²) in [4.78, 5) is 22.5. The SMILES string of the molecule is C=CCOC(=O)Nc1cc(C(=O)O)cc(P(C)(C)=O)c1. The fraction of sp³-hybridized carbons (Fsp3) is 0.231. The van der Waals surface area contributed by atoms with Gasteiger partial charge < -0.3 is 14.4 Å². The Balaban J connectivity index is 3.10. The lowest BCUT2D eigenvalue weighted by molar-refractivity contribution is 0.0697. The summed E-state index contributed by atoms with van der Waals surface area (Å²) in [6.07, 6.45) is 0.672. The summed E-state index contributed by atoms with van der Waals surface area (Å²) < 4.78 is 16.8. The van der Waals surface area contributed by atoms with Gasteiger partial charge in [-0.15, -0.1) is 0 Å². The van der Waals surface area contributed by atoms with E-state index >= 15 is 0 Å². The van der Waals surface area contributed by atoms with Crippen molar-refractivity contribution in [2.24, 2.45) is 0 Å². The van der Waals surface area contributed by atoms with Crippen molar-refractivity contribution >= 4 is 30.2 Å². The Morgan fingerprint density at radius 1 is 1.40 bits per heavy atom. The molecule has 108 valence electrons. The molecular weight excluding hydrogens is 281 g/mol. The molecule has 1 amide bonds. The average molecular weight is 297 g/mol. The van der Waals surface area contributed by atoms with Crippen molar-refractivity contribution in [1.82, 2.24) is 0 Å². The molecule has 20 heavy (non-hydrogen) atoms. The van der Waals surface area contributed by atoms with Crippen molar-refractivity contribution in [3.05, 3.63) is 36.4 Å². The third-order valence-corrected chi connectivity index (χ3v) is 3.87. The van der Waals surface area contributed by atoms with Crippen molar-refractivity contribution in [2.75, 3.05) is 25.3 Å². The van der Waals surface area contributed by atoms with Gasteiger partial charge in [0.1, 0.15) is 13.7 Å². The highest BCUT2D eigenvalue weighted by molar-refractivity contribution is 7.70. The molecule has 1 aromatic carbocycles. The number of benzene rings is 1. The number of carboxylic acids is 1. The Labute approximate surface area is 116 Å². The van der Waals surface area contributed by atoms with E-state index in [4.69, 9.17) is 9.84 Å². The maximum atomic E-state index is 12.1. The van der Waals surface area contributed by atoms with Crippen LogP contribution in [0.5, 0.6) is 0 Å². The predicted octanol–water partition coefficient (Wildman–Crippen LogP) is 2.37. The molecule has 0 unspecified atom stereocenters. The van der Waals surface area contributed by atoms with Crippen molar-refractivity contribution in [3.63, 3.8) is 0 Å². The molecule has 0 aromatic heterocycles. The van der Waals surface area contributed by atoms with Crippen LogP contribution in [0.25, 0.3) is 0 Å². The fourth-order valence-electron chi connectivity index (χ4n) is 1.41. The Morgan fingerprint density at radius 3 is 2.55 bits per heavy atom. The standard InChI is InChI=1S/C13H16NO5P/c1-4-5-19-13(17)14-10-6-9(12(15)16)7-11(8-10)20(2,3)18/h4,6-8H,1,5H2,2-3H3,(H,14,17)(H,15,16). The number of hydrogen-bond acceptors (Lipinski definition) is 4. The fourth-order valence-corrected chi connectivity index (χ4v) is 2.31. The van der Waals surface area contributed by atoms with Gasteiger partial charge in [-0.05, 0) is 31.5 Å². The zero-order valence-corrected chi connectivity index (χ0v) is 12.1. The van der Waals surface area contributed by atoms with Crippen LogP contribution >= 0.6 is 7.14 Å². The van der Waals surface area contributed by atoms with Crippen molar-refractivity contribution in [3.8, 4) is 0 Å². The topological polar surface area (TPSA) is 92.7 Å². The molecule has 1 aromatic rings. The number of carbonyl (C=O) groups excluding carboxylic acids is 1. The lowest BCUT2D eigenvalue weighted by Gasteiger charge is -2.12. The van der Waals surface area contributed by atoms with Crippen LogP contribution in [0, 0.1) is 0 Å². The van der Waals surface area contributed by atoms with Crippen molar-refractivity contribution < 1.29 is 24.0 Å². The van der Waals surface area contributed by atoms with Crippen LogP contribution in [-0.4, -0.2) is 37.1 Å². The molecule has 6 nitrogen and oxygen atoms in total. The monoisotopic (exact) mass is 297 g/mol. The number of aromatic carboxylic acids is 1. The summed E-state index contributed by atoms with van der Waals surface area (Å²) in [6.45, 7) is 6.49. The van der Waals surface area contributed by atoms with Crippen LogP contribution in [0.4, 0.5) is 10.5 Å². The predicted molar refractivity (Wildman–Crippen MR) is 77.7 cm³/mol. The first kappa shape index (κ1) is 16.0. The number of hydrogen-bond donors (Lipinski definition) is 2. The molecule has 0 fully saturated rings. The summed E-state index contributed by atoms with van der Waals surface area (Å²) >= 11 is 0. The summed E-state index contributed by atoms with van der Waals surface area (Å²) in [5.41, 5.74) is 0.170. The van der Waals surface area contributed by atoms with Gasteiger partial charge in [-0.1, -0.05) is 12.7 Å². The molecule has 0 spiro atoms. The van der Waals surface area contributed by atoms with Crippen LogP contribution in [0.3, 0.4) is 0 Å². The second-order valence-electron chi connectivity index (χ2n) is 4.44. The van der Waals surface area contributed by atoms with Gasteiger partial charge in [-0.3, -0.25) is 5.32 Å². The number of amides is 1. The normalized spacial score (nSPS) is 10.7. The van der Waals surface area contributed by atoms with Gasteiger partial charge >= 0.3 is 12.1 Å². The summed E-state index contributed by atoms with van der Waals surface area (Å²) in [5.74, 6) is -1.16. The number of carboxylic acid groups (broad SMARTS) is 1. The molecule has 0 atom stereocenters. The summed E-state index contributed by atoms with van der Waals surface area (Å²) in [6, 6.07) is 4.09. The minimum absolute atomic E-state index is 0.0390. The Kier molecular flexibility index (Phi) is 5.11. The molecule has 0 saturated heterocycles. The van der Waals surface area contributed by atoms with Gasteiger partial charge in [-0.25, -0.2) is 9.59 Å². The number of ether oxygens (including phenoxy) is 1. The van der Waals surface area contributed by atoms with Gasteiger partial charge in [0, 0.05) is 11.0 Å². The van der Waals surface area contributed by atoms with Gasteiger partial charge in [0.2, 0.25) is 0 Å². The molecule has 0 heterocycles. The summed E-state index contributed by atoms with van der Waals surface area (Å²) in [5, 5.41) is 11.8. The quantitative estimate of drug-likeness (QED) is 0.643. The van der Waals surface area contributed by atoms with Gasteiger partial charge in [0.15, 0.2) is 0 Å². The van der Waals surface area contributed by atoms with Crippen molar-refractivity contribution in [1.29, 1.82) is 0 Å². The van der Waals surface area contributed by atoms with Crippen LogP contribution in [0.2, 0.25) is 0 Å². The lowest BCUT2D eigenvalue weighted by atomic mass is 10.2. The number of nitrogens with one attached hydrogen (secondary N) is 1. The first-order chi connectivity index (χ1) is 9.24. The van der Waals surface area contributed by atoms with E-state index in [1.54, 1.807) is 0 Å². The molecule has 0 saturated carbocycles. The minimum Gasteiger partial charge on any atom is -0.478 e. The largest absolute Gasteiger partial charge is 0.478 e. The Hall–Kier alpha value is -2.07. The van der Waals surface area contributed by atoms with E-state index in [1.165, 1.54) is 37.6 Å². The van der Waals surface area contributed by atoms with Gasteiger partial charge in [0.25, 0.3) is 0 Å². The zero-order chi connectivity index (χ0) is 15.3. The molecule has 1 rings (SSSR count). The van der Waals surface area contributed by atoms with Crippen LogP contribution < -0.4 is 10.6 Å². The number of carbonyl (C=O) groups is 2. The van der Waals surface area contributed by atoms with E-state index in [2.05, 4.69) is 11.9 Å². The third kappa shape index (κ3) is 4.55. The summed E-state index contributed by atoms with van der Waals surface area (Å²) in [7, 11) is -2.65. The first-order valence-electron chi connectivity index (χ1n) is 5.72. The molecule has 0 aliphatic carbocycles. The maximum Gasteiger partial charge on any atom is 0.411 e. The smallest absolute Gasteiger partial charge is 0.411 e. The van der Waals surface area contributed by atoms with Crippen LogP contribution in [0.1, 0.15) is 10.4 Å². The number of rotatable bonds is 5. The van der Waals surface area contributed by atoms with E-state index in [1.807, 2.05) is 0 Å². The van der Waals surface area contributed by atoms with Crippen LogP contribution in [-0.2, 0) is 9.30 Å². The second kappa shape index (κ2) is 6.39. The van der Waals surface area contributed by atoms with Crippen molar-refractivity contribution in [2.45, 2.75) is 0 Å². The van der Waals surface area contributed by atoms with E-state index in [0.29, 0.717) is 5.30 Å². The lowest BCUT2D eigenvalue weighted by Crippen LogP contribution is -2.16. The highest BCUT2D eigenvalue weighted by atomic mass is 31.2. The highest BCUT2D eigenvalue weighted by Crippen LogP contribution is 2.35. The van der Waals surface area contributed by atoms with E-state index < -0.39 is 19.2 Å². The third-order valence-electron chi connectivity index (χ3n) is 2.37. The molecule has 0 bridgehead atoms. The van der Waals surface area contributed by atoms with Gasteiger partial charge in [0.05, 0.1) is 5.56 Å². The molecular formula is C13H16NO5P. The molecule has 0 aliphatic heterocycles. The number of anilines is 1. The first-order valence-corrected chi connectivity index (χ1v) is 8.33. The average Bonchev–Trinajstić information content (AvgIpc) is 2.34. The minimum atomic E-state index is -2.65. The van der Waals surface area contributed by atoms with E-state index in [0.717, 1.165) is 0 Å². The van der Waals surface area contributed by atoms with E-state index in [-0.39, 0.29) is 17.9 Å². The zero-order valence-electron chi connectivity index (χ0n) is 11.3. The maximum absolute atomic E-state index is 12.1.